The summed E-state index contributed by atoms with van der Waals surface area (Å²) in [5.74, 6) is -19.8. The van der Waals surface area contributed by atoms with Crippen molar-refractivity contribution in [1.82, 2.24) is 4.57 Å². The van der Waals surface area contributed by atoms with Crippen molar-refractivity contribution in [1.29, 1.82) is 0 Å². The first-order chi connectivity index (χ1) is 15.3. The summed E-state index contributed by atoms with van der Waals surface area (Å²) in [6.45, 7) is 1.19. The first-order valence-corrected chi connectivity index (χ1v) is 8.80. The van der Waals surface area contributed by atoms with Crippen LogP contribution in [0.15, 0.2) is 24.4 Å². The maximum absolute atomic E-state index is 13.6. The SMILES string of the molecule is CCOC(=O)Cc1cn(C(=O)C(F)(F)C(F)(F)F)c2ccc(OC(=O)C(F)(F)C(F)(F)F)cc12. The topological polar surface area (TPSA) is 74.6 Å². The third-order valence-electron chi connectivity index (χ3n) is 4.16. The molecule has 16 heteroatoms. The van der Waals surface area contributed by atoms with Gasteiger partial charge in [0.1, 0.15) is 5.75 Å². The molecule has 0 saturated carbocycles. The molecule has 0 aliphatic carbocycles. The number of esters is 2. The summed E-state index contributed by atoms with van der Waals surface area (Å²) in [6.07, 6.45) is -13.1. The van der Waals surface area contributed by atoms with Crippen molar-refractivity contribution in [3.05, 3.63) is 30.0 Å². The molecule has 1 heterocycles. The van der Waals surface area contributed by atoms with E-state index < -0.39 is 70.7 Å². The van der Waals surface area contributed by atoms with Crippen molar-refractivity contribution in [2.75, 3.05) is 6.61 Å². The lowest BCUT2D eigenvalue weighted by Crippen LogP contribution is -2.46. The fourth-order valence-electron chi connectivity index (χ4n) is 2.58. The van der Waals surface area contributed by atoms with Gasteiger partial charge in [0.25, 0.3) is 0 Å². The normalized spacial score (nSPS) is 13.1. The van der Waals surface area contributed by atoms with Gasteiger partial charge < -0.3 is 9.47 Å². The Kier molecular flexibility index (Phi) is 6.96. The Balaban J connectivity index is 2.60. The lowest BCUT2D eigenvalue weighted by atomic mass is 10.1. The minimum atomic E-state index is -6.32. The molecular formula is C18H11F10NO5. The maximum atomic E-state index is 13.6. The molecule has 1 aromatic carbocycles. The zero-order valence-corrected chi connectivity index (χ0v) is 16.5. The Labute approximate surface area is 182 Å². The molecule has 0 N–H and O–H groups in total. The number of aromatic nitrogens is 1. The molecule has 2 aromatic rings. The molecule has 6 nitrogen and oxygen atoms in total. The summed E-state index contributed by atoms with van der Waals surface area (Å²) >= 11 is 0. The van der Waals surface area contributed by atoms with Crippen LogP contribution in [0.1, 0.15) is 17.3 Å². The fraction of sp³-hybridized carbons (Fsp3) is 0.389. The number of carbonyl (C=O) groups excluding carboxylic acids is 3. The number of hydrogen-bond acceptors (Lipinski definition) is 5. The van der Waals surface area contributed by atoms with E-state index in [1.807, 2.05) is 0 Å². The summed E-state index contributed by atoms with van der Waals surface area (Å²) in [4.78, 5) is 34.9. The highest BCUT2D eigenvalue weighted by Gasteiger charge is 2.65. The summed E-state index contributed by atoms with van der Waals surface area (Å²) < 4.78 is 137. The molecule has 0 spiro atoms. The second-order valence-corrected chi connectivity index (χ2v) is 6.52. The van der Waals surface area contributed by atoms with E-state index in [4.69, 9.17) is 0 Å². The van der Waals surface area contributed by atoms with Gasteiger partial charge in [-0.15, -0.1) is 0 Å². The Bertz CT molecular complexity index is 1120. The van der Waals surface area contributed by atoms with Crippen LogP contribution < -0.4 is 4.74 Å². The monoisotopic (exact) mass is 511 g/mol. The van der Waals surface area contributed by atoms with E-state index in [1.54, 1.807) is 0 Å². The van der Waals surface area contributed by atoms with E-state index in [2.05, 4.69) is 9.47 Å². The molecule has 0 unspecified atom stereocenters. The van der Waals surface area contributed by atoms with Crippen molar-refractivity contribution >= 4 is 28.7 Å². The maximum Gasteiger partial charge on any atom is 0.465 e. The van der Waals surface area contributed by atoms with Gasteiger partial charge in [-0.2, -0.15) is 43.9 Å². The molecule has 0 bridgehead atoms. The van der Waals surface area contributed by atoms with Crippen LogP contribution in [-0.2, 0) is 20.7 Å². The van der Waals surface area contributed by atoms with Gasteiger partial charge >= 0.3 is 42.0 Å². The number of ether oxygens (including phenoxy) is 2. The van der Waals surface area contributed by atoms with Crippen molar-refractivity contribution in [2.24, 2.45) is 0 Å². The lowest BCUT2D eigenvalue weighted by Gasteiger charge is -2.19. The minimum absolute atomic E-state index is 0.183. The number of carbonyl (C=O) groups is 3. The average Bonchev–Trinajstić information content (AvgIpc) is 3.03. The molecule has 34 heavy (non-hydrogen) atoms. The van der Waals surface area contributed by atoms with Crippen LogP contribution in [0.3, 0.4) is 0 Å². The van der Waals surface area contributed by atoms with Crippen LogP contribution in [-0.4, -0.2) is 53.2 Å². The van der Waals surface area contributed by atoms with Crippen LogP contribution >= 0.6 is 0 Å². The van der Waals surface area contributed by atoms with Gasteiger partial charge in [-0.05, 0) is 30.7 Å². The van der Waals surface area contributed by atoms with Crippen molar-refractivity contribution in [2.45, 2.75) is 37.5 Å². The predicted octanol–water partition coefficient (Wildman–Crippen LogP) is 4.69. The zero-order valence-electron chi connectivity index (χ0n) is 16.5. The molecule has 0 saturated heterocycles. The second kappa shape index (κ2) is 8.79. The van der Waals surface area contributed by atoms with Gasteiger partial charge in [0.05, 0.1) is 18.5 Å². The van der Waals surface area contributed by atoms with E-state index in [1.165, 1.54) is 6.92 Å². The zero-order chi connectivity index (χ0) is 26.3. The van der Waals surface area contributed by atoms with E-state index in [9.17, 15) is 58.3 Å². The Hall–Kier alpha value is -3.33. The quantitative estimate of drug-likeness (QED) is 0.320. The molecule has 0 radical (unpaired) electrons. The van der Waals surface area contributed by atoms with Gasteiger partial charge in [0.15, 0.2) is 0 Å². The van der Waals surface area contributed by atoms with Gasteiger partial charge in [0.2, 0.25) is 0 Å². The molecule has 188 valence electrons. The fourth-order valence-corrected chi connectivity index (χ4v) is 2.58. The van der Waals surface area contributed by atoms with Crippen LogP contribution in [0.5, 0.6) is 5.75 Å². The third-order valence-corrected chi connectivity index (χ3v) is 4.16. The Morgan fingerprint density at radius 2 is 1.44 bits per heavy atom. The standard InChI is InChI=1S/C18H11F10NO5/c1-2-33-12(30)5-8-7-29(13(31)15(19,20)17(23,24)25)11-4-3-9(6-10(8)11)34-14(32)16(21,22)18(26,27)28/h3-4,6-7H,2,5H2,1H3. The summed E-state index contributed by atoms with van der Waals surface area (Å²) in [6, 6.07) is 1.52. The number of nitrogens with zero attached hydrogens (tertiary/aromatic N) is 1. The van der Waals surface area contributed by atoms with Crippen LogP contribution in [0, 0.1) is 0 Å². The number of rotatable bonds is 6. The van der Waals surface area contributed by atoms with E-state index in [0.717, 1.165) is 0 Å². The van der Waals surface area contributed by atoms with Crippen LogP contribution in [0.4, 0.5) is 43.9 Å². The minimum Gasteiger partial charge on any atom is -0.466 e. The highest BCUT2D eigenvalue weighted by molar-refractivity contribution is 5.99. The van der Waals surface area contributed by atoms with E-state index in [0.29, 0.717) is 24.4 Å². The van der Waals surface area contributed by atoms with Gasteiger partial charge in [0, 0.05) is 11.6 Å². The lowest BCUT2D eigenvalue weighted by molar-refractivity contribution is -0.276. The number of alkyl halides is 10. The number of fused-ring (bicyclic) bond motifs is 1. The van der Waals surface area contributed by atoms with E-state index in [-0.39, 0.29) is 11.2 Å². The van der Waals surface area contributed by atoms with Gasteiger partial charge in [-0.25, -0.2) is 4.79 Å². The first kappa shape index (κ1) is 26.9. The molecule has 0 amide bonds. The van der Waals surface area contributed by atoms with Crippen LogP contribution in [0.25, 0.3) is 10.9 Å². The molecule has 2 rings (SSSR count). The number of benzene rings is 1. The molecular weight excluding hydrogens is 500 g/mol. The largest absolute Gasteiger partial charge is 0.466 e. The Morgan fingerprint density at radius 1 is 0.882 bits per heavy atom. The van der Waals surface area contributed by atoms with Crippen molar-refractivity contribution in [3.63, 3.8) is 0 Å². The molecule has 1 aromatic heterocycles. The first-order valence-electron chi connectivity index (χ1n) is 8.80. The van der Waals surface area contributed by atoms with Crippen molar-refractivity contribution < 1.29 is 67.8 Å². The smallest absolute Gasteiger partial charge is 0.465 e. The second-order valence-electron chi connectivity index (χ2n) is 6.52. The third kappa shape index (κ3) is 4.94. The summed E-state index contributed by atoms with van der Waals surface area (Å²) in [7, 11) is 0. The average molecular weight is 511 g/mol. The van der Waals surface area contributed by atoms with Gasteiger partial charge in [-0.1, -0.05) is 0 Å². The number of hydrogen-bond donors (Lipinski definition) is 0. The molecule has 0 aliphatic heterocycles. The number of halogens is 10. The molecule has 0 aliphatic rings. The van der Waals surface area contributed by atoms with Crippen molar-refractivity contribution in [3.8, 4) is 5.75 Å². The molecule has 0 atom stereocenters. The van der Waals surface area contributed by atoms with Crippen LogP contribution in [0.2, 0.25) is 0 Å². The van der Waals surface area contributed by atoms with E-state index >= 15 is 0 Å². The summed E-state index contributed by atoms with van der Waals surface area (Å²) in [5, 5.41) is -0.542. The highest BCUT2D eigenvalue weighted by Crippen LogP contribution is 2.39. The van der Waals surface area contributed by atoms with Gasteiger partial charge in [-0.3, -0.25) is 14.2 Å². The highest BCUT2D eigenvalue weighted by atomic mass is 19.4. The summed E-state index contributed by atoms with van der Waals surface area (Å²) in [5.41, 5.74) is -1.18. The predicted molar refractivity (Wildman–Crippen MR) is 90.5 cm³/mol. The Morgan fingerprint density at radius 3 is 1.94 bits per heavy atom. The molecule has 0 fully saturated rings.